The SMILES string of the molecule is CC(C)n1nc(-c2ccc(NS(=O)(=O)c3cccc(Cl)c3Cl)cc2)c2cnc(CCN3CCOCC3)nc21. The molecular formula is C26H28Cl2N6O3S. The second-order valence-corrected chi connectivity index (χ2v) is 11.8. The van der Waals surface area contributed by atoms with Gasteiger partial charge in [-0.05, 0) is 38.1 Å². The van der Waals surface area contributed by atoms with Gasteiger partial charge in [-0.15, -0.1) is 0 Å². The lowest BCUT2D eigenvalue weighted by molar-refractivity contribution is 0.0382. The number of ether oxygens (including phenoxy) is 1. The molecule has 0 aliphatic carbocycles. The molecule has 0 radical (unpaired) electrons. The molecule has 9 nitrogen and oxygen atoms in total. The van der Waals surface area contributed by atoms with Gasteiger partial charge in [0.25, 0.3) is 10.0 Å². The van der Waals surface area contributed by atoms with E-state index in [0.717, 1.165) is 67.4 Å². The van der Waals surface area contributed by atoms with E-state index in [1.807, 2.05) is 23.0 Å². The molecule has 3 heterocycles. The molecule has 0 amide bonds. The Morgan fingerprint density at radius 3 is 2.53 bits per heavy atom. The third-order valence-corrected chi connectivity index (χ3v) is 8.71. The highest BCUT2D eigenvalue weighted by molar-refractivity contribution is 7.92. The number of sulfonamides is 1. The van der Waals surface area contributed by atoms with Gasteiger partial charge in [0.1, 0.15) is 16.4 Å². The summed E-state index contributed by atoms with van der Waals surface area (Å²) < 4.78 is 35.6. The van der Waals surface area contributed by atoms with Crippen LogP contribution in [0, 0.1) is 0 Å². The van der Waals surface area contributed by atoms with E-state index in [1.54, 1.807) is 12.1 Å². The van der Waals surface area contributed by atoms with Crippen molar-refractivity contribution >= 4 is 49.9 Å². The molecule has 38 heavy (non-hydrogen) atoms. The second kappa shape index (κ2) is 11.2. The molecule has 2 aromatic carbocycles. The zero-order chi connectivity index (χ0) is 26.9. The molecule has 2 aromatic heterocycles. The van der Waals surface area contributed by atoms with Gasteiger partial charge in [-0.1, -0.05) is 41.4 Å². The maximum Gasteiger partial charge on any atom is 0.263 e. The number of aromatic nitrogens is 4. The van der Waals surface area contributed by atoms with Crippen molar-refractivity contribution in [1.29, 1.82) is 0 Å². The highest BCUT2D eigenvalue weighted by Gasteiger charge is 2.21. The summed E-state index contributed by atoms with van der Waals surface area (Å²) in [5.41, 5.74) is 2.73. The molecule has 0 spiro atoms. The molecule has 1 aliphatic heterocycles. The van der Waals surface area contributed by atoms with E-state index in [0.29, 0.717) is 5.69 Å². The lowest BCUT2D eigenvalue weighted by atomic mass is 10.1. The number of halogens is 2. The average Bonchev–Trinajstić information content (AvgIpc) is 3.29. The first kappa shape index (κ1) is 26.8. The minimum absolute atomic E-state index is 0.0201. The summed E-state index contributed by atoms with van der Waals surface area (Å²) in [6, 6.07) is 11.6. The molecule has 0 saturated carbocycles. The zero-order valence-corrected chi connectivity index (χ0v) is 23.4. The minimum Gasteiger partial charge on any atom is -0.379 e. The van der Waals surface area contributed by atoms with Crippen LogP contribution in [0.1, 0.15) is 25.7 Å². The maximum absolute atomic E-state index is 12.9. The standard InChI is InChI=1S/C26H28Cl2N6O3S/c1-17(2)34-26-20(16-29-23(30-26)10-11-33-12-14-37-15-13-33)25(31-34)18-6-8-19(9-7-18)32-38(35,36)22-5-3-4-21(27)24(22)28/h3-9,16-17,32H,10-15H2,1-2H3. The van der Waals surface area contributed by atoms with Crippen LogP contribution in [0.15, 0.2) is 53.6 Å². The van der Waals surface area contributed by atoms with Crippen molar-refractivity contribution < 1.29 is 13.2 Å². The molecule has 0 unspecified atom stereocenters. The van der Waals surface area contributed by atoms with Crippen LogP contribution in [0.5, 0.6) is 0 Å². The maximum atomic E-state index is 12.9. The fraction of sp³-hybridized carbons (Fsp3) is 0.346. The molecule has 1 saturated heterocycles. The third-order valence-electron chi connectivity index (χ3n) is 6.36. The van der Waals surface area contributed by atoms with E-state index >= 15 is 0 Å². The van der Waals surface area contributed by atoms with Crippen molar-refractivity contribution in [2.24, 2.45) is 0 Å². The first-order valence-corrected chi connectivity index (χ1v) is 14.6. The highest BCUT2D eigenvalue weighted by atomic mass is 35.5. The number of anilines is 1. The summed E-state index contributed by atoms with van der Waals surface area (Å²) in [4.78, 5) is 11.8. The van der Waals surface area contributed by atoms with Gasteiger partial charge in [0.2, 0.25) is 0 Å². The zero-order valence-electron chi connectivity index (χ0n) is 21.1. The predicted molar refractivity (Wildman–Crippen MR) is 149 cm³/mol. The number of rotatable bonds is 8. The molecule has 0 bridgehead atoms. The number of hydrogen-bond donors (Lipinski definition) is 1. The lowest BCUT2D eigenvalue weighted by Gasteiger charge is -2.26. The lowest BCUT2D eigenvalue weighted by Crippen LogP contribution is -2.37. The molecule has 12 heteroatoms. The van der Waals surface area contributed by atoms with Crippen molar-refractivity contribution in [3.05, 3.63) is 64.5 Å². The van der Waals surface area contributed by atoms with E-state index < -0.39 is 10.0 Å². The van der Waals surface area contributed by atoms with Crippen LogP contribution in [0.25, 0.3) is 22.3 Å². The Balaban J connectivity index is 1.39. The first-order chi connectivity index (χ1) is 18.2. The molecule has 1 N–H and O–H groups in total. The number of morpholine rings is 1. The van der Waals surface area contributed by atoms with E-state index in [1.165, 1.54) is 18.2 Å². The summed E-state index contributed by atoms with van der Waals surface area (Å²) in [5, 5.41) is 5.83. The van der Waals surface area contributed by atoms with Gasteiger partial charge in [0.15, 0.2) is 5.65 Å². The predicted octanol–water partition coefficient (Wildman–Crippen LogP) is 5.06. The molecular weight excluding hydrogens is 547 g/mol. The molecule has 1 aliphatic rings. The monoisotopic (exact) mass is 574 g/mol. The first-order valence-electron chi connectivity index (χ1n) is 12.3. The fourth-order valence-corrected chi connectivity index (χ4v) is 6.15. The van der Waals surface area contributed by atoms with Crippen LogP contribution in [0.4, 0.5) is 5.69 Å². The number of fused-ring (bicyclic) bond motifs is 1. The molecule has 5 rings (SSSR count). The quantitative estimate of drug-likeness (QED) is 0.314. The van der Waals surface area contributed by atoms with Gasteiger partial charge in [-0.3, -0.25) is 9.62 Å². The Bertz CT molecular complexity index is 1550. The largest absolute Gasteiger partial charge is 0.379 e. The van der Waals surface area contributed by atoms with Gasteiger partial charge in [-0.25, -0.2) is 23.1 Å². The normalized spacial score (nSPS) is 14.9. The third kappa shape index (κ3) is 5.64. The number of nitrogens with zero attached hydrogens (tertiary/aromatic N) is 5. The average molecular weight is 576 g/mol. The fourth-order valence-electron chi connectivity index (χ4n) is 4.33. The van der Waals surface area contributed by atoms with Crippen molar-refractivity contribution in [3.8, 4) is 11.3 Å². The highest BCUT2D eigenvalue weighted by Crippen LogP contribution is 2.32. The number of nitrogens with one attached hydrogen (secondary N) is 1. The molecule has 1 fully saturated rings. The van der Waals surface area contributed by atoms with E-state index in [-0.39, 0.29) is 21.0 Å². The number of benzene rings is 2. The van der Waals surface area contributed by atoms with Gasteiger partial charge in [0, 0.05) is 49.5 Å². The van der Waals surface area contributed by atoms with Gasteiger partial charge in [-0.2, -0.15) is 5.10 Å². The van der Waals surface area contributed by atoms with Crippen LogP contribution < -0.4 is 4.72 Å². The summed E-state index contributed by atoms with van der Waals surface area (Å²) in [7, 11) is -3.92. The van der Waals surface area contributed by atoms with Gasteiger partial charge in [0.05, 0.1) is 28.6 Å². The van der Waals surface area contributed by atoms with Crippen LogP contribution in [-0.2, 0) is 21.2 Å². The topological polar surface area (TPSA) is 102 Å². The Morgan fingerprint density at radius 2 is 1.82 bits per heavy atom. The van der Waals surface area contributed by atoms with E-state index in [9.17, 15) is 8.42 Å². The van der Waals surface area contributed by atoms with Crippen LogP contribution >= 0.6 is 23.2 Å². The van der Waals surface area contributed by atoms with Crippen molar-refractivity contribution in [2.75, 3.05) is 37.6 Å². The molecule has 0 atom stereocenters. The van der Waals surface area contributed by atoms with Gasteiger partial charge < -0.3 is 4.74 Å². The molecule has 4 aromatic rings. The Labute approximate surface area is 231 Å². The summed E-state index contributed by atoms with van der Waals surface area (Å²) >= 11 is 12.1. The summed E-state index contributed by atoms with van der Waals surface area (Å²) in [6.07, 6.45) is 2.58. The summed E-state index contributed by atoms with van der Waals surface area (Å²) in [5.74, 6) is 0.779. The van der Waals surface area contributed by atoms with Crippen molar-refractivity contribution in [2.45, 2.75) is 31.2 Å². The Hall–Kier alpha value is -2.76. The van der Waals surface area contributed by atoms with E-state index in [2.05, 4.69) is 28.5 Å². The van der Waals surface area contributed by atoms with Crippen LogP contribution in [0.3, 0.4) is 0 Å². The van der Waals surface area contributed by atoms with Crippen molar-refractivity contribution in [3.63, 3.8) is 0 Å². The van der Waals surface area contributed by atoms with Gasteiger partial charge >= 0.3 is 0 Å². The second-order valence-electron chi connectivity index (χ2n) is 9.35. The van der Waals surface area contributed by atoms with Crippen LogP contribution in [-0.4, -0.2) is 65.9 Å². The van der Waals surface area contributed by atoms with E-state index in [4.69, 9.17) is 38.0 Å². The summed E-state index contributed by atoms with van der Waals surface area (Å²) in [6.45, 7) is 8.38. The Morgan fingerprint density at radius 1 is 1.08 bits per heavy atom. The Kier molecular flexibility index (Phi) is 7.88. The smallest absolute Gasteiger partial charge is 0.263 e. The minimum atomic E-state index is -3.92. The van der Waals surface area contributed by atoms with Crippen LogP contribution in [0.2, 0.25) is 10.0 Å². The number of hydrogen-bond acceptors (Lipinski definition) is 7. The molecule has 200 valence electrons. The van der Waals surface area contributed by atoms with Crippen molar-refractivity contribution in [1.82, 2.24) is 24.6 Å².